The lowest BCUT2D eigenvalue weighted by Crippen LogP contribution is -2.25. The number of nitrogens with one attached hydrogen (secondary N) is 1. The molecule has 0 radical (unpaired) electrons. The van der Waals surface area contributed by atoms with Gasteiger partial charge in [-0.2, -0.15) is 11.8 Å². The zero-order chi connectivity index (χ0) is 12.0. The van der Waals surface area contributed by atoms with Gasteiger partial charge in [0, 0.05) is 24.0 Å². The first-order chi connectivity index (χ1) is 7.63. The molecule has 0 amide bonds. The molecule has 0 aromatic carbocycles. The molecule has 0 aliphatic rings. The Labute approximate surface area is 104 Å². The minimum absolute atomic E-state index is 0.216. The fourth-order valence-electron chi connectivity index (χ4n) is 1.24. The lowest BCUT2D eigenvalue weighted by Gasteiger charge is -2.11. The van der Waals surface area contributed by atoms with Crippen molar-refractivity contribution in [2.45, 2.75) is 25.9 Å². The summed E-state index contributed by atoms with van der Waals surface area (Å²) < 4.78 is 0. The molecule has 0 aliphatic heterocycles. The standard InChI is InChI=1S/C10H16N2O2S2/c1-8(3-4-15-2)11-6-9-5-10(12(13)14)16-7-9/h5,7-8,11H,3-4,6H2,1-2H3. The molecule has 90 valence electrons. The maximum absolute atomic E-state index is 10.5. The summed E-state index contributed by atoms with van der Waals surface area (Å²) in [7, 11) is 0. The smallest absolute Gasteiger partial charge is 0.310 e. The van der Waals surface area contributed by atoms with Crippen LogP contribution in [0.5, 0.6) is 0 Å². The number of nitro groups is 1. The maximum atomic E-state index is 10.5. The molecular weight excluding hydrogens is 244 g/mol. The van der Waals surface area contributed by atoms with Gasteiger partial charge in [0.25, 0.3) is 0 Å². The zero-order valence-corrected chi connectivity index (χ0v) is 11.1. The largest absolute Gasteiger partial charge is 0.324 e. The van der Waals surface area contributed by atoms with Gasteiger partial charge in [-0.25, -0.2) is 0 Å². The number of hydrogen-bond acceptors (Lipinski definition) is 5. The molecule has 0 saturated heterocycles. The molecule has 0 saturated carbocycles. The Kier molecular flexibility index (Phi) is 5.79. The second-order valence-corrected chi connectivity index (χ2v) is 5.49. The predicted molar refractivity (Wildman–Crippen MR) is 70.3 cm³/mol. The van der Waals surface area contributed by atoms with Crippen molar-refractivity contribution in [2.75, 3.05) is 12.0 Å². The van der Waals surface area contributed by atoms with Crippen LogP contribution in [0.2, 0.25) is 0 Å². The molecule has 1 unspecified atom stereocenters. The van der Waals surface area contributed by atoms with E-state index in [-0.39, 0.29) is 9.92 Å². The summed E-state index contributed by atoms with van der Waals surface area (Å²) in [6, 6.07) is 2.09. The van der Waals surface area contributed by atoms with Gasteiger partial charge in [-0.15, -0.1) is 0 Å². The Morgan fingerprint density at radius 3 is 3.00 bits per heavy atom. The first-order valence-corrected chi connectivity index (χ1v) is 7.35. The lowest BCUT2D eigenvalue weighted by atomic mass is 10.2. The third-order valence-electron chi connectivity index (χ3n) is 2.23. The van der Waals surface area contributed by atoms with Crippen LogP contribution in [0.25, 0.3) is 0 Å². The van der Waals surface area contributed by atoms with Crippen molar-refractivity contribution < 1.29 is 4.92 Å². The van der Waals surface area contributed by atoms with E-state index in [0.717, 1.165) is 17.7 Å². The van der Waals surface area contributed by atoms with Crippen LogP contribution < -0.4 is 5.32 Å². The van der Waals surface area contributed by atoms with Gasteiger partial charge in [0.2, 0.25) is 0 Å². The second kappa shape index (κ2) is 6.88. The first-order valence-electron chi connectivity index (χ1n) is 5.07. The van der Waals surface area contributed by atoms with Crippen molar-refractivity contribution in [3.8, 4) is 0 Å². The average Bonchev–Trinajstić information content (AvgIpc) is 2.72. The third kappa shape index (κ3) is 4.51. The number of hydrogen-bond donors (Lipinski definition) is 1. The summed E-state index contributed by atoms with van der Waals surface area (Å²) in [5.41, 5.74) is 0.993. The van der Waals surface area contributed by atoms with Gasteiger partial charge in [-0.3, -0.25) is 10.1 Å². The van der Waals surface area contributed by atoms with E-state index in [1.165, 1.54) is 11.3 Å². The van der Waals surface area contributed by atoms with Crippen molar-refractivity contribution in [3.63, 3.8) is 0 Å². The van der Waals surface area contributed by atoms with Crippen LogP contribution in [0.15, 0.2) is 11.4 Å². The fraction of sp³-hybridized carbons (Fsp3) is 0.600. The fourth-order valence-corrected chi connectivity index (χ4v) is 2.56. The van der Waals surface area contributed by atoms with Crippen LogP contribution in [0.1, 0.15) is 18.9 Å². The Balaban J connectivity index is 2.33. The normalized spacial score (nSPS) is 12.6. The van der Waals surface area contributed by atoms with Gasteiger partial charge < -0.3 is 5.32 Å². The second-order valence-electron chi connectivity index (χ2n) is 3.61. The quantitative estimate of drug-likeness (QED) is 0.605. The molecule has 0 fully saturated rings. The van der Waals surface area contributed by atoms with Gasteiger partial charge in [0.15, 0.2) is 0 Å². The topological polar surface area (TPSA) is 55.2 Å². The highest BCUT2D eigenvalue weighted by Crippen LogP contribution is 2.22. The van der Waals surface area contributed by atoms with Crippen LogP contribution in [-0.2, 0) is 6.54 Å². The first kappa shape index (κ1) is 13.5. The predicted octanol–water partition coefficient (Wildman–Crippen LogP) is 2.89. The summed E-state index contributed by atoms with van der Waals surface area (Å²) in [4.78, 5) is 10.1. The summed E-state index contributed by atoms with van der Waals surface area (Å²) in [6.45, 7) is 2.84. The number of nitrogens with zero attached hydrogens (tertiary/aromatic N) is 1. The summed E-state index contributed by atoms with van der Waals surface area (Å²) in [6.07, 6.45) is 3.21. The van der Waals surface area contributed by atoms with E-state index in [9.17, 15) is 10.1 Å². The van der Waals surface area contributed by atoms with Crippen molar-refractivity contribution in [1.82, 2.24) is 5.32 Å². The van der Waals surface area contributed by atoms with Crippen molar-refractivity contribution in [3.05, 3.63) is 27.1 Å². The van der Waals surface area contributed by atoms with Gasteiger partial charge in [-0.1, -0.05) is 11.3 Å². The maximum Gasteiger partial charge on any atom is 0.324 e. The molecule has 1 aromatic rings. The van der Waals surface area contributed by atoms with E-state index < -0.39 is 0 Å². The Hall–Kier alpha value is -0.590. The summed E-state index contributed by atoms with van der Waals surface area (Å²) in [5, 5.41) is 15.9. The van der Waals surface area contributed by atoms with E-state index >= 15 is 0 Å². The minimum Gasteiger partial charge on any atom is -0.310 e. The van der Waals surface area contributed by atoms with Crippen molar-refractivity contribution in [1.29, 1.82) is 0 Å². The monoisotopic (exact) mass is 260 g/mol. The molecule has 1 atom stereocenters. The van der Waals surface area contributed by atoms with Crippen molar-refractivity contribution >= 4 is 28.1 Å². The zero-order valence-electron chi connectivity index (χ0n) is 9.43. The Morgan fingerprint density at radius 2 is 2.44 bits per heavy atom. The molecule has 1 N–H and O–H groups in total. The highest BCUT2D eigenvalue weighted by Gasteiger charge is 2.09. The van der Waals surface area contributed by atoms with Gasteiger partial charge >= 0.3 is 5.00 Å². The van der Waals surface area contributed by atoms with E-state index in [4.69, 9.17) is 0 Å². The molecule has 0 spiro atoms. The van der Waals surface area contributed by atoms with Crippen molar-refractivity contribution in [2.24, 2.45) is 0 Å². The highest BCUT2D eigenvalue weighted by atomic mass is 32.2. The van der Waals surface area contributed by atoms with E-state index in [2.05, 4.69) is 18.5 Å². The number of thioether (sulfide) groups is 1. The van der Waals surface area contributed by atoms with Crippen LogP contribution in [0.4, 0.5) is 5.00 Å². The van der Waals surface area contributed by atoms with Gasteiger partial charge in [0.1, 0.15) is 0 Å². The third-order valence-corrected chi connectivity index (χ3v) is 3.80. The lowest BCUT2D eigenvalue weighted by molar-refractivity contribution is -0.380. The molecule has 0 bridgehead atoms. The number of thiophene rings is 1. The van der Waals surface area contributed by atoms with Crippen LogP contribution in [0.3, 0.4) is 0 Å². The average molecular weight is 260 g/mol. The summed E-state index contributed by atoms with van der Waals surface area (Å²) in [5.74, 6) is 1.14. The van der Waals surface area contributed by atoms with Gasteiger partial charge in [0.05, 0.1) is 4.92 Å². The highest BCUT2D eigenvalue weighted by molar-refractivity contribution is 7.98. The Bertz CT molecular complexity index is 341. The van der Waals surface area contributed by atoms with Gasteiger partial charge in [-0.05, 0) is 30.9 Å². The molecule has 1 aromatic heterocycles. The van der Waals surface area contributed by atoms with Crippen LogP contribution in [0, 0.1) is 10.1 Å². The minimum atomic E-state index is -0.342. The molecule has 16 heavy (non-hydrogen) atoms. The molecule has 1 heterocycles. The summed E-state index contributed by atoms with van der Waals surface area (Å²) >= 11 is 3.02. The Morgan fingerprint density at radius 1 is 1.69 bits per heavy atom. The molecule has 1 rings (SSSR count). The molecule has 6 heteroatoms. The SMILES string of the molecule is CSCCC(C)NCc1csc([N+](=O)[O-])c1. The molecule has 4 nitrogen and oxygen atoms in total. The van der Waals surface area contributed by atoms with Crippen LogP contribution in [-0.4, -0.2) is 23.0 Å². The van der Waals surface area contributed by atoms with E-state index in [1.807, 2.05) is 17.1 Å². The molecule has 0 aliphatic carbocycles. The van der Waals surface area contributed by atoms with E-state index in [1.54, 1.807) is 6.07 Å². The number of rotatable bonds is 7. The van der Waals surface area contributed by atoms with E-state index in [0.29, 0.717) is 12.6 Å². The van der Waals surface area contributed by atoms with Crippen LogP contribution >= 0.6 is 23.1 Å². The molecular formula is C10H16N2O2S2.